The van der Waals surface area contributed by atoms with E-state index < -0.39 is 36.8 Å². The Kier molecular flexibility index (Phi) is 60.1. The van der Waals surface area contributed by atoms with Crippen LogP contribution < -0.4 is 30.7 Å². The first-order valence-corrected chi connectivity index (χ1v) is 51.0. The molecule has 0 radical (unpaired) electrons. The zero-order chi connectivity index (χ0) is 102. The average Bonchev–Trinajstić information content (AvgIpc) is 1.54. The summed E-state index contributed by atoms with van der Waals surface area (Å²) in [7, 11) is 2.83. The van der Waals surface area contributed by atoms with Crippen LogP contribution in [0, 0.1) is 51.2 Å². The van der Waals surface area contributed by atoms with Crippen molar-refractivity contribution in [3.8, 4) is 11.5 Å². The van der Waals surface area contributed by atoms with Crippen molar-refractivity contribution < 1.29 is 125 Å². The highest BCUT2D eigenvalue weighted by Crippen LogP contribution is 2.40. The van der Waals surface area contributed by atoms with Gasteiger partial charge in [0.15, 0.2) is 0 Å². The minimum atomic E-state index is -1.08. The molecule has 33 heteroatoms. The number of carbonyl (C=O) groups excluding carboxylic acids is 9. The number of unbranched alkanes of at least 4 members (excludes halogenated alkanes) is 10. The lowest BCUT2D eigenvalue weighted by Crippen LogP contribution is -2.40. The van der Waals surface area contributed by atoms with E-state index in [0.29, 0.717) is 174 Å². The van der Waals surface area contributed by atoms with Crippen LogP contribution in [0.3, 0.4) is 0 Å². The van der Waals surface area contributed by atoms with Gasteiger partial charge in [0.25, 0.3) is 0 Å². The largest absolute Gasteiger partial charge is 0.632 e. The molecule has 0 bridgehead atoms. The van der Waals surface area contributed by atoms with Gasteiger partial charge in [-0.05, 0) is 233 Å². The van der Waals surface area contributed by atoms with E-state index in [9.17, 15) is 73.2 Å². The van der Waals surface area contributed by atoms with Gasteiger partial charge in [-0.15, -0.1) is 0 Å². The molecule has 2 aliphatic rings. The van der Waals surface area contributed by atoms with Crippen molar-refractivity contribution in [1.82, 2.24) is 20.0 Å². The first-order chi connectivity index (χ1) is 65.7. The van der Waals surface area contributed by atoms with Crippen LogP contribution in [-0.4, -0.2) is 266 Å². The van der Waals surface area contributed by atoms with Gasteiger partial charge in [-0.25, -0.2) is 0 Å². The Labute approximate surface area is 823 Å². The average molecular weight is 1950 g/mol. The molecule has 0 saturated heterocycles. The molecule has 4 unspecified atom stereocenters. The summed E-state index contributed by atoms with van der Waals surface area (Å²) >= 11 is 0. The number of fused-ring (bicyclic) bond motifs is 1. The standard InChI is InChI=1S/C105H173BN6O26/c1-79-37-39-82(97(100(125)126)96(79)99(123)124)32-23-19-17-15-16-18-20-24-33-83-34-31-35-87-98(83)138-106(137-87)84-40-41-85(108-58-43-89(116)131-73-52-104(9,10)55-76-134-93(120)47-64-111(59-25-21-27-67-113)63-46-92(119)129-71-50-102(4,5)6)86(78-84)109-81(3)38-36-80(2)101(127)136-70-30-29-69-128-90(117)44-61-110(14)62-45-91(118)132-74-53-105(11,12)56-77-135-95(122)49-66-112(60-26-22-28-68-114)65-48-94(121)133-75-54-103(7,8)51-72-130-88(115)42-57-107-13/h19,23,31,34-35,37,39-41,78-82,96-97,107-109,113-114H,15-18,20-22,24-30,32-33,36,38,42-77H2,1-14H3,(H,123,124)(H,125,126)/b23-19-/t79?,80-,81-,82?,96?,97?/m1/s1. The smallest absolute Gasteiger partial charge is 0.519 e. The Balaban J connectivity index is 1.19. The van der Waals surface area contributed by atoms with Crippen LogP contribution in [0.25, 0.3) is 0 Å². The topological polar surface area (TPSA) is 416 Å². The molecule has 2 aromatic rings. The number of aliphatic hydroxyl groups is 2. The van der Waals surface area contributed by atoms with E-state index in [0.717, 1.165) is 99.5 Å². The predicted molar refractivity (Wildman–Crippen MR) is 533 cm³/mol. The highest BCUT2D eigenvalue weighted by Gasteiger charge is 2.44. The maximum Gasteiger partial charge on any atom is 0.632 e. The van der Waals surface area contributed by atoms with E-state index in [1.807, 2.05) is 121 Å². The van der Waals surface area contributed by atoms with Gasteiger partial charge in [-0.1, -0.05) is 138 Å². The first kappa shape index (κ1) is 121. The molecule has 6 atom stereocenters. The van der Waals surface area contributed by atoms with E-state index in [1.165, 1.54) is 0 Å². The number of hydrogen-bond donors (Lipinski definition) is 7. The van der Waals surface area contributed by atoms with E-state index in [-0.39, 0.29) is 204 Å². The van der Waals surface area contributed by atoms with Crippen molar-refractivity contribution in [2.24, 2.45) is 51.2 Å². The van der Waals surface area contributed by atoms with Crippen molar-refractivity contribution in [1.29, 1.82) is 0 Å². The van der Waals surface area contributed by atoms with Gasteiger partial charge in [-0.3, -0.25) is 52.7 Å². The summed E-state index contributed by atoms with van der Waals surface area (Å²) in [6.45, 7) is 30.9. The lowest BCUT2D eigenvalue weighted by molar-refractivity contribution is -0.157. The lowest BCUT2D eigenvalue weighted by Gasteiger charge is -2.32. The Hall–Kier alpha value is -8.89. The number of nitrogens with one attached hydrogen (secondary N) is 3. The summed E-state index contributed by atoms with van der Waals surface area (Å²) in [5, 5.41) is 48.3. The molecule has 782 valence electrons. The van der Waals surface area contributed by atoms with Crippen molar-refractivity contribution in [3.63, 3.8) is 0 Å². The summed E-state index contributed by atoms with van der Waals surface area (Å²) in [6, 6.07) is 11.6. The number of carboxylic acid groups (broad SMARTS) is 2. The van der Waals surface area contributed by atoms with Gasteiger partial charge in [0.1, 0.15) is 11.5 Å². The van der Waals surface area contributed by atoms with Crippen LogP contribution in [-0.2, 0) is 102 Å². The van der Waals surface area contributed by atoms with Gasteiger partial charge < -0.3 is 103 Å². The quantitative estimate of drug-likeness (QED) is 0.0106. The Bertz CT molecular complexity index is 3960. The number of hydrogen-bond acceptors (Lipinski definition) is 30. The van der Waals surface area contributed by atoms with Gasteiger partial charge in [-0.2, -0.15) is 0 Å². The van der Waals surface area contributed by atoms with E-state index in [2.05, 4.69) is 53.8 Å². The number of allylic oxidation sites excluding steroid dienone is 4. The highest BCUT2D eigenvalue weighted by molar-refractivity contribution is 6.63. The second-order valence-electron chi connectivity index (χ2n) is 40.8. The number of aliphatic carboxylic acids is 2. The Morgan fingerprint density at radius 3 is 1.36 bits per heavy atom. The SMILES string of the molecule is CNCCC(=O)OCCC(C)(C)CCOC(=O)CCN(CCCCCO)CCC(=O)OCCC(C)(C)CCOC(=O)CCN(C)CCC(=O)OCCCCOC(=O)[C@H](C)CC[C@@H](C)Nc1cc(B2Oc3cccc(CCCCCCC/C=C\CC4C=CC(C)C(C(=O)O)C4C(=O)O)c3O2)ccc1NCCC(=O)OCCC(C)(C)CCOC(=O)CCN(CCCCCO)CCC(=O)OCCC(C)(C)C. The maximum absolute atomic E-state index is 13.3. The van der Waals surface area contributed by atoms with Crippen LogP contribution in [0.5, 0.6) is 11.5 Å². The fourth-order valence-electron chi connectivity index (χ4n) is 15.8. The molecular formula is C105H173BN6O26. The molecule has 0 amide bonds. The lowest BCUT2D eigenvalue weighted by atomic mass is 9.70. The fraction of sp³-hybridized carbons (Fsp3) is 0.743. The number of carbonyl (C=O) groups is 11. The summed E-state index contributed by atoms with van der Waals surface area (Å²) in [4.78, 5) is 145. The van der Waals surface area contributed by atoms with Crippen LogP contribution in [0.4, 0.5) is 11.4 Å². The van der Waals surface area contributed by atoms with Crippen LogP contribution in [0.1, 0.15) is 294 Å². The molecule has 4 rings (SSSR count). The zero-order valence-corrected chi connectivity index (χ0v) is 86.1. The third kappa shape index (κ3) is 55.4. The number of rotatable bonds is 79. The molecule has 0 fully saturated rings. The molecule has 138 heavy (non-hydrogen) atoms. The molecular weight excluding hydrogens is 1770 g/mol. The second kappa shape index (κ2) is 68.3. The number of ether oxygens (including phenoxy) is 9. The van der Waals surface area contributed by atoms with E-state index >= 15 is 0 Å². The molecule has 32 nitrogen and oxygen atoms in total. The minimum absolute atomic E-state index is 0.0508. The molecule has 7 N–H and O–H groups in total. The van der Waals surface area contributed by atoms with Gasteiger partial charge in [0, 0.05) is 77.1 Å². The van der Waals surface area contributed by atoms with Crippen LogP contribution >= 0.6 is 0 Å². The first-order valence-electron chi connectivity index (χ1n) is 51.0. The summed E-state index contributed by atoms with van der Waals surface area (Å²) in [6.07, 6.45) is 27.1. The van der Waals surface area contributed by atoms with Crippen molar-refractivity contribution >= 4 is 89.6 Å². The Morgan fingerprint density at radius 2 is 0.891 bits per heavy atom. The number of para-hydroxylation sites is 1. The minimum Gasteiger partial charge on any atom is -0.519 e. The summed E-state index contributed by atoms with van der Waals surface area (Å²) in [5.74, 6) is -6.89. The van der Waals surface area contributed by atoms with Crippen LogP contribution in [0.2, 0.25) is 0 Å². The predicted octanol–water partition coefficient (Wildman–Crippen LogP) is 15.3. The van der Waals surface area contributed by atoms with Crippen molar-refractivity contribution in [2.45, 2.75) is 301 Å². The third-order valence-electron chi connectivity index (χ3n) is 25.5. The number of anilines is 2. The van der Waals surface area contributed by atoms with E-state index in [1.54, 1.807) is 14.0 Å². The highest BCUT2D eigenvalue weighted by atomic mass is 16.6. The number of aryl methyl sites for hydroxylation is 1. The van der Waals surface area contributed by atoms with Gasteiger partial charge in [0.05, 0.1) is 140 Å². The zero-order valence-electron chi connectivity index (χ0n) is 86.1. The van der Waals surface area contributed by atoms with Crippen molar-refractivity contribution in [2.75, 3.05) is 163 Å². The molecule has 0 aromatic heterocycles. The molecule has 0 spiro atoms. The number of nitrogens with zero attached hydrogens (tertiary/aromatic N) is 3. The summed E-state index contributed by atoms with van der Waals surface area (Å²) < 4.78 is 63.2. The molecule has 2 aromatic carbocycles. The number of esters is 9. The van der Waals surface area contributed by atoms with E-state index in [4.69, 9.17) is 51.9 Å². The third-order valence-corrected chi connectivity index (χ3v) is 25.5. The molecule has 1 aliphatic heterocycles. The molecule has 0 saturated carbocycles. The maximum atomic E-state index is 13.3. The van der Waals surface area contributed by atoms with Gasteiger partial charge >= 0.3 is 72.8 Å². The molecule has 1 heterocycles. The Morgan fingerprint density at radius 1 is 0.457 bits per heavy atom. The fourth-order valence-corrected chi connectivity index (χ4v) is 15.8. The van der Waals surface area contributed by atoms with Crippen molar-refractivity contribution in [3.05, 3.63) is 66.3 Å². The normalized spacial score (nSPS) is 15.4. The summed E-state index contributed by atoms with van der Waals surface area (Å²) in [5.41, 5.74) is 2.50. The number of carboxylic acids is 2. The van der Waals surface area contributed by atoms with Gasteiger partial charge in [0.2, 0.25) is 0 Å². The van der Waals surface area contributed by atoms with Crippen LogP contribution in [0.15, 0.2) is 60.7 Å². The second-order valence-corrected chi connectivity index (χ2v) is 40.8. The number of benzene rings is 2. The number of aliphatic hydroxyl groups excluding tert-OH is 2. The molecule has 1 aliphatic carbocycles. The monoisotopic (exact) mass is 1950 g/mol.